The summed E-state index contributed by atoms with van der Waals surface area (Å²) in [5.41, 5.74) is 1.18. The number of hydrogen-bond donors (Lipinski definition) is 1. The number of carbonyl (C=O) groups excluding carboxylic acids is 1. The molecule has 1 saturated heterocycles. The van der Waals surface area contributed by atoms with Gasteiger partial charge in [0.2, 0.25) is 6.41 Å². The topological polar surface area (TPSA) is 44.8 Å². The van der Waals surface area contributed by atoms with Gasteiger partial charge >= 0.3 is 0 Å². The number of methoxy groups -OCH3 is 1. The van der Waals surface area contributed by atoms with Gasteiger partial charge < -0.3 is 15.0 Å². The summed E-state index contributed by atoms with van der Waals surface area (Å²) in [6, 6.07) is 8.17. The Balaban J connectivity index is 1.80. The van der Waals surface area contributed by atoms with Crippen LogP contribution in [-0.4, -0.2) is 57.7 Å². The van der Waals surface area contributed by atoms with Crippen LogP contribution in [0.5, 0.6) is 5.75 Å². The van der Waals surface area contributed by atoms with Crippen molar-refractivity contribution in [3.05, 3.63) is 24.3 Å². The molecular weight excluding hydrogens is 254 g/mol. The van der Waals surface area contributed by atoms with E-state index in [4.69, 9.17) is 4.74 Å². The zero-order valence-electron chi connectivity index (χ0n) is 12.0. The number of rotatable bonds is 7. The fourth-order valence-corrected chi connectivity index (χ4v) is 2.57. The highest BCUT2D eigenvalue weighted by atomic mass is 16.5. The quantitative estimate of drug-likeness (QED) is 0.595. The molecule has 0 aliphatic carbocycles. The highest BCUT2D eigenvalue weighted by molar-refractivity contribution is 5.58. The molecule has 1 aromatic carbocycles. The van der Waals surface area contributed by atoms with Crippen molar-refractivity contribution >= 4 is 12.1 Å². The highest BCUT2D eigenvalue weighted by Gasteiger charge is 2.18. The Morgan fingerprint density at radius 1 is 1.25 bits per heavy atom. The number of nitrogens with one attached hydrogen (secondary N) is 1. The molecule has 1 heterocycles. The van der Waals surface area contributed by atoms with Gasteiger partial charge in [0, 0.05) is 32.7 Å². The minimum atomic E-state index is 0.760. The van der Waals surface area contributed by atoms with E-state index in [0.29, 0.717) is 0 Å². The van der Waals surface area contributed by atoms with Gasteiger partial charge in [-0.15, -0.1) is 0 Å². The molecule has 0 unspecified atom stereocenters. The normalized spacial score (nSPS) is 15.9. The number of hydrogen-bond acceptors (Lipinski definition) is 4. The van der Waals surface area contributed by atoms with E-state index in [1.54, 1.807) is 7.11 Å². The van der Waals surface area contributed by atoms with E-state index < -0.39 is 0 Å². The van der Waals surface area contributed by atoms with E-state index in [2.05, 4.69) is 27.2 Å². The predicted molar refractivity (Wildman–Crippen MR) is 80.3 cm³/mol. The van der Waals surface area contributed by atoms with Crippen LogP contribution < -0.4 is 15.0 Å². The molecule has 110 valence electrons. The molecule has 0 atom stereocenters. The van der Waals surface area contributed by atoms with Gasteiger partial charge in [-0.05, 0) is 25.1 Å². The second kappa shape index (κ2) is 7.75. The maximum Gasteiger partial charge on any atom is 0.207 e. The van der Waals surface area contributed by atoms with Gasteiger partial charge in [0.15, 0.2) is 0 Å². The van der Waals surface area contributed by atoms with Crippen LogP contribution in [0.1, 0.15) is 6.42 Å². The SMILES string of the molecule is COc1ccccc1N1CCN(CCCNC=O)CC1. The number of benzene rings is 1. The molecule has 0 bridgehead atoms. The Kier molecular flexibility index (Phi) is 5.68. The summed E-state index contributed by atoms with van der Waals surface area (Å²) in [6.07, 6.45) is 1.77. The van der Waals surface area contributed by atoms with Crippen molar-refractivity contribution in [3.8, 4) is 5.75 Å². The Bertz CT molecular complexity index is 417. The molecule has 1 aliphatic rings. The lowest BCUT2D eigenvalue weighted by molar-refractivity contribution is -0.109. The van der Waals surface area contributed by atoms with E-state index >= 15 is 0 Å². The fraction of sp³-hybridized carbons (Fsp3) is 0.533. The zero-order chi connectivity index (χ0) is 14.2. The molecule has 0 radical (unpaired) electrons. The van der Waals surface area contributed by atoms with Crippen LogP contribution in [-0.2, 0) is 4.79 Å². The summed E-state index contributed by atoms with van der Waals surface area (Å²) in [4.78, 5) is 15.0. The molecule has 1 aliphatic heterocycles. The monoisotopic (exact) mass is 277 g/mol. The second-order valence-electron chi connectivity index (χ2n) is 4.93. The van der Waals surface area contributed by atoms with Gasteiger partial charge in [-0.2, -0.15) is 0 Å². The van der Waals surface area contributed by atoms with E-state index in [9.17, 15) is 4.79 Å². The number of amides is 1. The first-order valence-electron chi connectivity index (χ1n) is 7.12. The molecule has 0 spiro atoms. The molecular formula is C15H23N3O2. The van der Waals surface area contributed by atoms with Gasteiger partial charge in [-0.3, -0.25) is 9.69 Å². The fourth-order valence-electron chi connectivity index (χ4n) is 2.57. The van der Waals surface area contributed by atoms with Crippen LogP contribution in [0, 0.1) is 0 Å². The van der Waals surface area contributed by atoms with Crippen molar-refractivity contribution in [1.82, 2.24) is 10.2 Å². The Labute approximate surface area is 120 Å². The average Bonchev–Trinajstić information content (AvgIpc) is 2.52. The van der Waals surface area contributed by atoms with Crippen molar-refractivity contribution in [2.45, 2.75) is 6.42 Å². The lowest BCUT2D eigenvalue weighted by atomic mass is 10.2. The average molecular weight is 277 g/mol. The molecule has 5 nitrogen and oxygen atoms in total. The van der Waals surface area contributed by atoms with Gasteiger partial charge in [0.25, 0.3) is 0 Å². The van der Waals surface area contributed by atoms with Crippen molar-refractivity contribution in [2.75, 3.05) is 51.3 Å². The third kappa shape index (κ3) is 3.87. The Morgan fingerprint density at radius 2 is 2.00 bits per heavy atom. The van der Waals surface area contributed by atoms with E-state index in [0.717, 1.165) is 57.8 Å². The summed E-state index contributed by atoms with van der Waals surface area (Å²) >= 11 is 0. The number of carbonyl (C=O) groups is 1. The first kappa shape index (κ1) is 14.7. The Hall–Kier alpha value is -1.75. The summed E-state index contributed by atoms with van der Waals surface area (Å²) in [7, 11) is 1.72. The molecule has 1 aromatic rings. The highest BCUT2D eigenvalue weighted by Crippen LogP contribution is 2.28. The van der Waals surface area contributed by atoms with Crippen LogP contribution in [0.25, 0.3) is 0 Å². The second-order valence-corrected chi connectivity index (χ2v) is 4.93. The van der Waals surface area contributed by atoms with Crippen LogP contribution in [0.2, 0.25) is 0 Å². The van der Waals surface area contributed by atoms with Crippen LogP contribution in [0.15, 0.2) is 24.3 Å². The van der Waals surface area contributed by atoms with E-state index in [1.807, 2.05) is 12.1 Å². The molecule has 0 saturated carbocycles. The van der Waals surface area contributed by atoms with Crippen molar-refractivity contribution in [2.24, 2.45) is 0 Å². The van der Waals surface area contributed by atoms with Gasteiger partial charge in [0.1, 0.15) is 5.75 Å². The number of anilines is 1. The van der Waals surface area contributed by atoms with E-state index in [-0.39, 0.29) is 0 Å². The van der Waals surface area contributed by atoms with Gasteiger partial charge in [-0.25, -0.2) is 0 Å². The zero-order valence-corrected chi connectivity index (χ0v) is 12.0. The first-order chi connectivity index (χ1) is 9.85. The lowest BCUT2D eigenvalue weighted by Gasteiger charge is -2.36. The molecule has 2 rings (SSSR count). The molecule has 0 aromatic heterocycles. The molecule has 5 heteroatoms. The molecule has 1 amide bonds. The van der Waals surface area contributed by atoms with Crippen molar-refractivity contribution < 1.29 is 9.53 Å². The van der Waals surface area contributed by atoms with Gasteiger partial charge in [0.05, 0.1) is 12.8 Å². The maximum atomic E-state index is 10.2. The number of nitrogens with zero attached hydrogens (tertiary/aromatic N) is 2. The largest absolute Gasteiger partial charge is 0.495 e. The van der Waals surface area contributed by atoms with Gasteiger partial charge in [-0.1, -0.05) is 12.1 Å². The minimum absolute atomic E-state index is 0.760. The van der Waals surface area contributed by atoms with Crippen molar-refractivity contribution in [1.29, 1.82) is 0 Å². The number of piperazine rings is 1. The van der Waals surface area contributed by atoms with Crippen LogP contribution in [0.3, 0.4) is 0 Å². The van der Waals surface area contributed by atoms with Crippen LogP contribution in [0.4, 0.5) is 5.69 Å². The lowest BCUT2D eigenvalue weighted by Crippen LogP contribution is -2.47. The summed E-state index contributed by atoms with van der Waals surface area (Å²) in [6.45, 7) is 5.94. The summed E-state index contributed by atoms with van der Waals surface area (Å²) in [5.74, 6) is 0.941. The third-order valence-corrected chi connectivity index (χ3v) is 3.68. The number of para-hydroxylation sites is 2. The predicted octanol–water partition coefficient (Wildman–Crippen LogP) is 0.953. The van der Waals surface area contributed by atoms with Crippen LogP contribution >= 0.6 is 0 Å². The smallest absolute Gasteiger partial charge is 0.207 e. The maximum absolute atomic E-state index is 10.2. The van der Waals surface area contributed by atoms with E-state index in [1.165, 1.54) is 5.69 Å². The summed E-state index contributed by atoms with van der Waals surface area (Å²) < 4.78 is 5.42. The summed E-state index contributed by atoms with van der Waals surface area (Å²) in [5, 5.41) is 2.70. The van der Waals surface area contributed by atoms with Crippen molar-refractivity contribution in [3.63, 3.8) is 0 Å². The molecule has 20 heavy (non-hydrogen) atoms. The molecule has 1 N–H and O–H groups in total. The third-order valence-electron chi connectivity index (χ3n) is 3.68. The first-order valence-corrected chi connectivity index (χ1v) is 7.12. The molecule has 1 fully saturated rings. The standard InChI is InChI=1S/C15H23N3O2/c1-20-15-6-3-2-5-14(15)18-11-9-17(10-12-18)8-4-7-16-13-19/h2-3,5-6,13H,4,7-12H2,1H3,(H,16,19). The Morgan fingerprint density at radius 3 is 2.70 bits per heavy atom. The number of ether oxygens (including phenoxy) is 1. The minimum Gasteiger partial charge on any atom is -0.495 e.